The fraction of sp³-hybridized carbons (Fsp3) is 0.318. The van der Waals surface area contributed by atoms with Gasteiger partial charge in [0.25, 0.3) is 0 Å². The Balaban J connectivity index is 1.46. The third-order valence-electron chi connectivity index (χ3n) is 4.57. The zero-order valence-electron chi connectivity index (χ0n) is 17.3. The van der Waals surface area contributed by atoms with E-state index < -0.39 is 6.61 Å². The Kier molecular flexibility index (Phi) is 8.00. The van der Waals surface area contributed by atoms with Gasteiger partial charge in [-0.1, -0.05) is 49.9 Å². The van der Waals surface area contributed by atoms with E-state index in [9.17, 15) is 13.6 Å². The van der Waals surface area contributed by atoms with Crippen LogP contribution >= 0.6 is 11.8 Å². The molecule has 6 nitrogen and oxygen atoms in total. The third-order valence-corrected chi connectivity index (χ3v) is 5.51. The fourth-order valence-corrected chi connectivity index (χ4v) is 3.64. The molecule has 31 heavy (non-hydrogen) atoms. The number of rotatable bonds is 10. The number of amides is 1. The Hall–Kier alpha value is -2.94. The van der Waals surface area contributed by atoms with Crippen LogP contribution in [-0.4, -0.2) is 39.6 Å². The summed E-state index contributed by atoms with van der Waals surface area (Å²) in [6.45, 7) is 1.89. The van der Waals surface area contributed by atoms with Gasteiger partial charge in [0, 0.05) is 12.2 Å². The number of hydrogen-bond donors (Lipinski definition) is 1. The molecule has 0 radical (unpaired) electrons. The predicted octanol–water partition coefficient (Wildman–Crippen LogP) is 4.44. The average Bonchev–Trinajstić information content (AvgIpc) is 3.22. The summed E-state index contributed by atoms with van der Waals surface area (Å²) in [6, 6.07) is 14.6. The summed E-state index contributed by atoms with van der Waals surface area (Å²) >= 11 is 1.31. The van der Waals surface area contributed by atoms with Crippen LogP contribution in [0.4, 0.5) is 8.78 Å². The van der Waals surface area contributed by atoms with Crippen molar-refractivity contribution < 1.29 is 18.3 Å². The molecule has 0 atom stereocenters. The number of carbonyl (C=O) groups is 1. The fourth-order valence-electron chi connectivity index (χ4n) is 2.88. The molecule has 0 saturated carbocycles. The van der Waals surface area contributed by atoms with Gasteiger partial charge in [0.05, 0.1) is 5.75 Å². The summed E-state index contributed by atoms with van der Waals surface area (Å²) in [4.78, 5) is 12.2. The van der Waals surface area contributed by atoms with E-state index in [1.165, 1.54) is 29.5 Å². The second kappa shape index (κ2) is 10.9. The third kappa shape index (κ3) is 6.78. The molecule has 3 aromatic rings. The average molecular weight is 447 g/mol. The number of benzene rings is 2. The number of halogens is 2. The number of thioether (sulfide) groups is 1. The molecule has 9 heteroatoms. The quantitative estimate of drug-likeness (QED) is 0.466. The molecule has 2 aromatic carbocycles. The Morgan fingerprint density at radius 2 is 1.84 bits per heavy atom. The van der Waals surface area contributed by atoms with Crippen LogP contribution in [-0.2, 0) is 11.2 Å². The van der Waals surface area contributed by atoms with Crippen LogP contribution < -0.4 is 10.1 Å². The highest BCUT2D eigenvalue weighted by Crippen LogP contribution is 2.22. The van der Waals surface area contributed by atoms with Crippen LogP contribution in [0.25, 0.3) is 5.69 Å². The summed E-state index contributed by atoms with van der Waals surface area (Å²) in [5, 5.41) is 11.6. The first-order chi connectivity index (χ1) is 14.9. The van der Waals surface area contributed by atoms with E-state index in [0.29, 0.717) is 24.0 Å². The minimum absolute atomic E-state index is 0.113. The number of ether oxygens (including phenoxy) is 1. The van der Waals surface area contributed by atoms with Gasteiger partial charge in [0.1, 0.15) is 12.1 Å². The SMILES string of the molecule is CC(C)c1ccc(-n2cnnc2SCC(=O)NCCc2ccc(OC(F)F)cc2)cc1. The van der Waals surface area contributed by atoms with Gasteiger partial charge < -0.3 is 10.1 Å². The van der Waals surface area contributed by atoms with Gasteiger partial charge >= 0.3 is 6.61 Å². The van der Waals surface area contributed by atoms with Crippen molar-refractivity contribution in [3.63, 3.8) is 0 Å². The van der Waals surface area contributed by atoms with Gasteiger partial charge in [-0.05, 0) is 47.7 Å². The molecule has 1 aromatic heterocycles. The van der Waals surface area contributed by atoms with Crippen molar-refractivity contribution in [3.8, 4) is 11.4 Å². The summed E-state index contributed by atoms with van der Waals surface area (Å²) in [7, 11) is 0. The molecule has 0 aliphatic heterocycles. The van der Waals surface area contributed by atoms with Crippen LogP contribution in [0.1, 0.15) is 30.9 Å². The minimum atomic E-state index is -2.84. The van der Waals surface area contributed by atoms with Crippen molar-refractivity contribution in [2.75, 3.05) is 12.3 Å². The number of nitrogens with zero attached hydrogens (tertiary/aromatic N) is 3. The second-order valence-corrected chi connectivity index (χ2v) is 8.08. The molecule has 0 aliphatic carbocycles. The van der Waals surface area contributed by atoms with E-state index in [2.05, 4.69) is 46.2 Å². The summed E-state index contributed by atoms with van der Waals surface area (Å²) in [5.74, 6) is 0.662. The van der Waals surface area contributed by atoms with Crippen LogP contribution in [0.3, 0.4) is 0 Å². The molecule has 0 saturated heterocycles. The smallest absolute Gasteiger partial charge is 0.387 e. The molecule has 0 bridgehead atoms. The van der Waals surface area contributed by atoms with Crippen molar-refractivity contribution in [3.05, 3.63) is 66.0 Å². The van der Waals surface area contributed by atoms with E-state index in [0.717, 1.165) is 11.3 Å². The molecule has 3 rings (SSSR count). The Morgan fingerprint density at radius 1 is 1.13 bits per heavy atom. The van der Waals surface area contributed by atoms with Crippen molar-refractivity contribution in [1.82, 2.24) is 20.1 Å². The van der Waals surface area contributed by atoms with Gasteiger partial charge in [-0.25, -0.2) is 0 Å². The maximum atomic E-state index is 12.2. The molecule has 1 N–H and O–H groups in total. The number of hydrogen-bond acceptors (Lipinski definition) is 5. The first-order valence-corrected chi connectivity index (χ1v) is 10.8. The van der Waals surface area contributed by atoms with Crippen molar-refractivity contribution in [1.29, 1.82) is 0 Å². The first-order valence-electron chi connectivity index (χ1n) is 9.86. The zero-order valence-corrected chi connectivity index (χ0v) is 18.1. The Bertz CT molecular complexity index is 976. The predicted molar refractivity (Wildman–Crippen MR) is 116 cm³/mol. The van der Waals surface area contributed by atoms with E-state index in [4.69, 9.17) is 0 Å². The first kappa shape index (κ1) is 22.7. The van der Waals surface area contributed by atoms with Crippen LogP contribution in [0.15, 0.2) is 60.0 Å². The van der Waals surface area contributed by atoms with Gasteiger partial charge in [0.2, 0.25) is 5.91 Å². The van der Waals surface area contributed by atoms with E-state index in [1.807, 2.05) is 16.7 Å². The lowest BCUT2D eigenvalue weighted by molar-refractivity contribution is -0.118. The molecule has 0 fully saturated rings. The topological polar surface area (TPSA) is 69.0 Å². The highest BCUT2D eigenvalue weighted by molar-refractivity contribution is 7.99. The van der Waals surface area contributed by atoms with Crippen LogP contribution in [0.2, 0.25) is 0 Å². The number of carbonyl (C=O) groups excluding carboxylic acids is 1. The summed E-state index contributed by atoms with van der Waals surface area (Å²) < 4.78 is 30.5. The van der Waals surface area contributed by atoms with Gasteiger partial charge in [0.15, 0.2) is 5.16 Å². The summed E-state index contributed by atoms with van der Waals surface area (Å²) in [5.41, 5.74) is 3.11. The van der Waals surface area contributed by atoms with Gasteiger partial charge in [-0.3, -0.25) is 9.36 Å². The summed E-state index contributed by atoms with van der Waals surface area (Å²) in [6.07, 6.45) is 2.22. The molecule has 0 unspecified atom stereocenters. The lowest BCUT2D eigenvalue weighted by Crippen LogP contribution is -2.27. The molecule has 0 aliphatic rings. The molecule has 1 heterocycles. The number of aromatic nitrogens is 3. The lowest BCUT2D eigenvalue weighted by Gasteiger charge is -2.09. The maximum Gasteiger partial charge on any atom is 0.387 e. The van der Waals surface area contributed by atoms with Crippen LogP contribution in [0, 0.1) is 0 Å². The number of alkyl halides is 2. The van der Waals surface area contributed by atoms with Crippen molar-refractivity contribution in [2.24, 2.45) is 0 Å². The lowest BCUT2D eigenvalue weighted by atomic mass is 10.0. The monoisotopic (exact) mass is 446 g/mol. The zero-order chi connectivity index (χ0) is 22.2. The Labute approximate surface area is 184 Å². The van der Waals surface area contributed by atoms with E-state index >= 15 is 0 Å². The van der Waals surface area contributed by atoms with E-state index in [-0.39, 0.29) is 17.4 Å². The minimum Gasteiger partial charge on any atom is -0.435 e. The van der Waals surface area contributed by atoms with Crippen molar-refractivity contribution in [2.45, 2.75) is 38.0 Å². The molecular formula is C22H24F2N4O2S. The van der Waals surface area contributed by atoms with Gasteiger partial charge in [-0.15, -0.1) is 10.2 Å². The Morgan fingerprint density at radius 3 is 2.48 bits per heavy atom. The van der Waals surface area contributed by atoms with Crippen LogP contribution in [0.5, 0.6) is 5.75 Å². The van der Waals surface area contributed by atoms with Gasteiger partial charge in [-0.2, -0.15) is 8.78 Å². The number of nitrogens with one attached hydrogen (secondary N) is 1. The van der Waals surface area contributed by atoms with Crippen molar-refractivity contribution >= 4 is 17.7 Å². The highest BCUT2D eigenvalue weighted by Gasteiger charge is 2.11. The maximum absolute atomic E-state index is 12.2. The highest BCUT2D eigenvalue weighted by atomic mass is 32.2. The normalized spacial score (nSPS) is 11.2. The molecule has 0 spiro atoms. The largest absolute Gasteiger partial charge is 0.435 e. The molecular weight excluding hydrogens is 422 g/mol. The molecule has 1 amide bonds. The second-order valence-electron chi connectivity index (χ2n) is 7.14. The van der Waals surface area contributed by atoms with E-state index in [1.54, 1.807) is 18.5 Å². The molecule has 164 valence electrons. The standard InChI is InChI=1S/C22H24F2N4O2S/c1-15(2)17-5-7-18(8-6-17)28-14-26-27-22(28)31-13-20(29)25-12-11-16-3-9-19(10-4-16)30-21(23)24/h3-10,14-15,21H,11-13H2,1-2H3,(H,25,29).